The van der Waals surface area contributed by atoms with Gasteiger partial charge in [-0.2, -0.15) is 0 Å². The molecule has 0 atom stereocenters. The van der Waals surface area contributed by atoms with Gasteiger partial charge in [0.05, 0.1) is 18.1 Å². The smallest absolute Gasteiger partial charge is 0.257 e. The summed E-state index contributed by atoms with van der Waals surface area (Å²) in [7, 11) is -3.53. The maximum atomic E-state index is 12.5. The minimum atomic E-state index is -3.53. The fourth-order valence-corrected chi connectivity index (χ4v) is 5.08. The van der Waals surface area contributed by atoms with E-state index in [1.165, 1.54) is 18.6 Å². The zero-order valence-electron chi connectivity index (χ0n) is 17.5. The lowest BCUT2D eigenvalue weighted by Crippen LogP contribution is -2.38. The number of nitrogens with zero attached hydrogens (tertiary/aromatic N) is 1. The molecule has 168 valence electrons. The third-order valence-electron chi connectivity index (χ3n) is 5.51. The molecule has 2 N–H and O–H groups in total. The van der Waals surface area contributed by atoms with Crippen molar-refractivity contribution in [1.29, 1.82) is 0 Å². The topological polar surface area (TPSA) is 97.0 Å². The van der Waals surface area contributed by atoms with Crippen LogP contribution in [-0.2, 0) is 19.6 Å². The summed E-state index contributed by atoms with van der Waals surface area (Å²) < 4.78 is 38.6. The van der Waals surface area contributed by atoms with E-state index in [1.54, 1.807) is 12.1 Å². The van der Waals surface area contributed by atoms with Crippen molar-refractivity contribution in [3.63, 3.8) is 0 Å². The summed E-state index contributed by atoms with van der Waals surface area (Å²) in [4.78, 5) is 14.5. The predicted octanol–water partition coefficient (Wildman–Crippen LogP) is 1.51. The second kappa shape index (κ2) is 11.6. The fourth-order valence-electron chi connectivity index (χ4n) is 3.78. The first kappa shape index (κ1) is 23.0. The summed E-state index contributed by atoms with van der Waals surface area (Å²) in [5.74, 6) is 0.280. The zero-order chi connectivity index (χ0) is 21.2. The van der Waals surface area contributed by atoms with Crippen molar-refractivity contribution in [2.75, 3.05) is 46.0 Å². The number of amides is 1. The molecule has 1 aliphatic carbocycles. The molecule has 1 aromatic carbocycles. The van der Waals surface area contributed by atoms with Crippen LogP contribution in [0.4, 0.5) is 0 Å². The van der Waals surface area contributed by atoms with Crippen LogP contribution in [0.25, 0.3) is 0 Å². The van der Waals surface area contributed by atoms with Crippen LogP contribution >= 0.6 is 0 Å². The number of ether oxygens (including phenoxy) is 2. The normalized spacial score (nSPS) is 18.8. The van der Waals surface area contributed by atoms with E-state index in [0.29, 0.717) is 12.3 Å². The molecule has 1 amide bonds. The molecular weight excluding hydrogens is 406 g/mol. The predicted molar refractivity (Wildman–Crippen MR) is 114 cm³/mol. The number of rotatable bonds is 10. The summed E-state index contributed by atoms with van der Waals surface area (Å²) in [6.45, 7) is 4.88. The zero-order valence-corrected chi connectivity index (χ0v) is 18.3. The van der Waals surface area contributed by atoms with Crippen LogP contribution in [0.1, 0.15) is 38.5 Å². The second-order valence-corrected chi connectivity index (χ2v) is 9.59. The first-order valence-electron chi connectivity index (χ1n) is 10.8. The molecule has 1 aliphatic heterocycles. The van der Waals surface area contributed by atoms with Crippen molar-refractivity contribution in [2.45, 2.75) is 49.5 Å². The van der Waals surface area contributed by atoms with Crippen molar-refractivity contribution >= 4 is 15.9 Å². The van der Waals surface area contributed by atoms with E-state index in [9.17, 15) is 13.2 Å². The highest BCUT2D eigenvalue weighted by atomic mass is 32.2. The van der Waals surface area contributed by atoms with Crippen molar-refractivity contribution in [3.05, 3.63) is 24.3 Å². The Bertz CT molecular complexity index is 757. The van der Waals surface area contributed by atoms with Crippen LogP contribution in [-0.4, -0.2) is 71.3 Å². The number of carbonyl (C=O) groups excluding carboxylic acids is 1. The Morgan fingerprint density at radius 1 is 1.10 bits per heavy atom. The van der Waals surface area contributed by atoms with Crippen molar-refractivity contribution in [1.82, 2.24) is 14.9 Å². The van der Waals surface area contributed by atoms with E-state index >= 15 is 0 Å². The Morgan fingerprint density at radius 2 is 1.80 bits per heavy atom. The molecule has 2 aliphatic rings. The fraction of sp³-hybridized carbons (Fsp3) is 0.667. The number of benzene rings is 1. The average molecular weight is 440 g/mol. The lowest BCUT2D eigenvalue weighted by molar-refractivity contribution is -0.123. The van der Waals surface area contributed by atoms with Gasteiger partial charge in [-0.25, -0.2) is 13.1 Å². The average Bonchev–Trinajstić information content (AvgIpc) is 2.77. The summed E-state index contributed by atoms with van der Waals surface area (Å²) in [5.41, 5.74) is 0. The van der Waals surface area contributed by atoms with Crippen molar-refractivity contribution < 1.29 is 22.7 Å². The van der Waals surface area contributed by atoms with Gasteiger partial charge in [0.2, 0.25) is 10.0 Å². The van der Waals surface area contributed by atoms with Crippen LogP contribution in [0.5, 0.6) is 5.75 Å². The molecule has 1 saturated heterocycles. The molecule has 8 nitrogen and oxygen atoms in total. The Labute approximate surface area is 179 Å². The molecular formula is C21H33N3O5S. The molecule has 3 rings (SSSR count). The van der Waals surface area contributed by atoms with Gasteiger partial charge in [-0.15, -0.1) is 0 Å². The van der Waals surface area contributed by atoms with E-state index in [-0.39, 0.29) is 23.5 Å². The Morgan fingerprint density at radius 3 is 2.50 bits per heavy atom. The third-order valence-corrected chi connectivity index (χ3v) is 7.04. The minimum Gasteiger partial charge on any atom is -0.484 e. The monoisotopic (exact) mass is 439 g/mol. The van der Waals surface area contributed by atoms with Crippen LogP contribution in [0.15, 0.2) is 29.2 Å². The summed E-state index contributed by atoms with van der Waals surface area (Å²) in [5, 5.41) is 2.85. The molecule has 1 heterocycles. The van der Waals surface area contributed by atoms with Gasteiger partial charge in [-0.1, -0.05) is 19.3 Å². The molecule has 9 heteroatoms. The molecule has 0 radical (unpaired) electrons. The lowest BCUT2D eigenvalue weighted by atomic mass is 9.96. The summed E-state index contributed by atoms with van der Waals surface area (Å²) in [6, 6.07) is 6.22. The van der Waals surface area contributed by atoms with E-state index in [0.717, 1.165) is 65.0 Å². The van der Waals surface area contributed by atoms with Crippen LogP contribution in [0.3, 0.4) is 0 Å². The quantitative estimate of drug-likeness (QED) is 0.537. The number of sulfonamides is 1. The molecule has 30 heavy (non-hydrogen) atoms. The molecule has 0 aromatic heterocycles. The standard InChI is InChI=1S/C21H33N3O5S/c25-21(22-11-4-12-24-13-15-28-16-14-24)17-29-19-7-9-20(10-8-19)30(26,27)23-18-5-2-1-3-6-18/h7-10,18,23H,1-6,11-17H2,(H,22,25). The number of nitrogens with one attached hydrogen (secondary N) is 2. The van der Waals surface area contributed by atoms with Crippen molar-refractivity contribution in [2.24, 2.45) is 0 Å². The Hall–Kier alpha value is -1.68. The summed E-state index contributed by atoms with van der Waals surface area (Å²) >= 11 is 0. The largest absolute Gasteiger partial charge is 0.484 e. The maximum Gasteiger partial charge on any atom is 0.257 e. The Kier molecular flexibility index (Phi) is 8.92. The van der Waals surface area contributed by atoms with E-state index < -0.39 is 10.0 Å². The van der Waals surface area contributed by atoms with Gasteiger partial charge in [0.25, 0.3) is 5.91 Å². The highest BCUT2D eigenvalue weighted by molar-refractivity contribution is 7.89. The molecule has 0 bridgehead atoms. The minimum absolute atomic E-state index is 0.0200. The van der Waals surface area contributed by atoms with Crippen molar-refractivity contribution in [3.8, 4) is 5.75 Å². The van der Waals surface area contributed by atoms with Crippen LogP contribution in [0.2, 0.25) is 0 Å². The number of hydrogen-bond donors (Lipinski definition) is 2. The van der Waals surface area contributed by atoms with Gasteiger partial charge in [0.1, 0.15) is 5.75 Å². The number of carbonyl (C=O) groups is 1. The first-order valence-corrected chi connectivity index (χ1v) is 12.3. The van der Waals surface area contributed by atoms with Gasteiger partial charge >= 0.3 is 0 Å². The second-order valence-electron chi connectivity index (χ2n) is 7.87. The molecule has 2 fully saturated rings. The highest BCUT2D eigenvalue weighted by Gasteiger charge is 2.21. The van der Waals surface area contributed by atoms with E-state index in [2.05, 4.69) is 14.9 Å². The van der Waals surface area contributed by atoms with Gasteiger partial charge < -0.3 is 14.8 Å². The SMILES string of the molecule is O=C(COc1ccc(S(=O)(=O)NC2CCCCC2)cc1)NCCCN1CCOCC1. The lowest BCUT2D eigenvalue weighted by Gasteiger charge is -2.26. The first-order chi connectivity index (χ1) is 14.5. The van der Waals surface area contributed by atoms with Crippen LogP contribution < -0.4 is 14.8 Å². The Balaban J connectivity index is 1.35. The van der Waals surface area contributed by atoms with Gasteiger partial charge in [-0.3, -0.25) is 9.69 Å². The number of morpholine rings is 1. The molecule has 0 unspecified atom stereocenters. The number of hydrogen-bond acceptors (Lipinski definition) is 6. The van der Waals surface area contributed by atoms with Gasteiger partial charge in [-0.05, 0) is 50.1 Å². The third kappa shape index (κ3) is 7.54. The maximum absolute atomic E-state index is 12.5. The van der Waals surface area contributed by atoms with Crippen LogP contribution in [0, 0.1) is 0 Å². The van der Waals surface area contributed by atoms with E-state index in [1.807, 2.05) is 0 Å². The van der Waals surface area contributed by atoms with E-state index in [4.69, 9.17) is 9.47 Å². The molecule has 1 saturated carbocycles. The summed E-state index contributed by atoms with van der Waals surface area (Å²) in [6.07, 6.45) is 5.96. The molecule has 1 aromatic rings. The van der Waals surface area contributed by atoms with Gasteiger partial charge in [0.15, 0.2) is 6.61 Å². The van der Waals surface area contributed by atoms with Gasteiger partial charge in [0, 0.05) is 25.7 Å². The molecule has 0 spiro atoms. The highest BCUT2D eigenvalue weighted by Crippen LogP contribution is 2.21.